The molecule has 0 saturated carbocycles. The van der Waals surface area contributed by atoms with Crippen molar-refractivity contribution < 1.29 is 27.1 Å². The van der Waals surface area contributed by atoms with Crippen LogP contribution in [0.5, 0.6) is 0 Å². The number of sulfonamides is 1. The lowest BCUT2D eigenvalue weighted by atomic mass is 9.79. The quantitative estimate of drug-likeness (QED) is 0.401. The number of benzene rings is 2. The molecule has 8 nitrogen and oxygen atoms in total. The van der Waals surface area contributed by atoms with Crippen molar-refractivity contribution in [2.75, 3.05) is 26.5 Å². The summed E-state index contributed by atoms with van der Waals surface area (Å²) in [6.07, 6.45) is 0.969. The van der Waals surface area contributed by atoms with E-state index in [2.05, 4.69) is 10.6 Å². The van der Waals surface area contributed by atoms with Gasteiger partial charge in [0, 0.05) is 42.5 Å². The molecule has 1 aliphatic rings. The highest BCUT2D eigenvalue weighted by atomic mass is 35.5. The number of alkyl carbamates (subject to hydrolysis) is 1. The SMILES string of the molecule is COC(=O)N[C@H](C(=O)Cc1cccc(F)c1CC[C@H]1CNC[C@H](C)N1S(C)(=O)=O)[C@@H](c1ccc(Cl)cc1)C(C)C. The van der Waals surface area contributed by atoms with Crippen LogP contribution in [0.25, 0.3) is 0 Å². The fraction of sp³-hybridized carbons (Fsp3) is 0.517. The molecule has 1 amide bonds. The van der Waals surface area contributed by atoms with Crippen molar-refractivity contribution in [2.24, 2.45) is 5.92 Å². The van der Waals surface area contributed by atoms with Crippen molar-refractivity contribution in [3.63, 3.8) is 0 Å². The molecule has 40 heavy (non-hydrogen) atoms. The third-order valence-corrected chi connectivity index (χ3v) is 9.12. The average molecular weight is 596 g/mol. The van der Waals surface area contributed by atoms with Crippen molar-refractivity contribution in [3.05, 3.63) is 70.0 Å². The van der Waals surface area contributed by atoms with Crippen LogP contribution in [0, 0.1) is 11.7 Å². The van der Waals surface area contributed by atoms with E-state index in [4.69, 9.17) is 16.3 Å². The molecule has 1 aliphatic heterocycles. The minimum absolute atomic E-state index is 0.0398. The second-order valence-corrected chi connectivity index (χ2v) is 13.1. The van der Waals surface area contributed by atoms with Gasteiger partial charge in [-0.2, -0.15) is 4.31 Å². The first-order valence-electron chi connectivity index (χ1n) is 13.4. The van der Waals surface area contributed by atoms with E-state index in [1.54, 1.807) is 24.3 Å². The highest BCUT2D eigenvalue weighted by Gasteiger charge is 2.36. The van der Waals surface area contributed by atoms with Crippen LogP contribution in [-0.2, 0) is 32.4 Å². The standard InChI is InChI=1S/C29H39ClFN3O5S/c1-18(2)27(20-9-11-22(30)12-10-20)28(33-29(36)39-4)26(35)15-21-7-6-8-25(31)24(21)14-13-23-17-32-16-19(3)34(23)40(5,37)38/h6-12,18-19,23,27-28,32H,13-17H2,1-5H3,(H,33,36)/t19-,23-,27+,28+/m0/s1. The van der Waals surface area contributed by atoms with E-state index < -0.39 is 28.0 Å². The number of hydrogen-bond acceptors (Lipinski definition) is 6. The molecule has 0 unspecified atom stereocenters. The third-order valence-electron chi connectivity index (χ3n) is 7.44. The van der Waals surface area contributed by atoms with Crippen LogP contribution in [0.1, 0.15) is 49.8 Å². The summed E-state index contributed by atoms with van der Waals surface area (Å²) in [6, 6.07) is 10.2. The Balaban J connectivity index is 1.89. The Kier molecular flexibility index (Phi) is 11.1. The van der Waals surface area contributed by atoms with Crippen molar-refractivity contribution in [1.29, 1.82) is 0 Å². The maximum absolute atomic E-state index is 15.2. The monoisotopic (exact) mass is 595 g/mol. The average Bonchev–Trinajstić information content (AvgIpc) is 2.88. The molecule has 1 fully saturated rings. The highest BCUT2D eigenvalue weighted by Crippen LogP contribution is 2.31. The van der Waals surface area contributed by atoms with E-state index in [0.717, 1.165) is 5.56 Å². The smallest absolute Gasteiger partial charge is 0.407 e. The Hall–Kier alpha value is -2.53. The van der Waals surface area contributed by atoms with E-state index in [1.807, 2.05) is 32.9 Å². The molecule has 1 saturated heterocycles. The Morgan fingerprint density at radius 1 is 1.18 bits per heavy atom. The second kappa shape index (κ2) is 13.9. The van der Waals surface area contributed by atoms with Gasteiger partial charge in [-0.3, -0.25) is 4.79 Å². The zero-order chi connectivity index (χ0) is 29.6. The van der Waals surface area contributed by atoms with E-state index in [9.17, 15) is 18.0 Å². The number of amides is 1. The van der Waals surface area contributed by atoms with Crippen LogP contribution in [0.15, 0.2) is 42.5 Å². The van der Waals surface area contributed by atoms with Crippen LogP contribution in [0.3, 0.4) is 0 Å². The van der Waals surface area contributed by atoms with Crippen molar-refractivity contribution in [2.45, 2.75) is 64.1 Å². The number of rotatable bonds is 11. The van der Waals surface area contributed by atoms with Gasteiger partial charge in [0.2, 0.25) is 10.0 Å². The van der Waals surface area contributed by atoms with Crippen LogP contribution in [0.2, 0.25) is 5.02 Å². The van der Waals surface area contributed by atoms with Gasteiger partial charge in [0.15, 0.2) is 5.78 Å². The Labute approximate surface area is 241 Å². The molecule has 0 bridgehead atoms. The fourth-order valence-electron chi connectivity index (χ4n) is 5.69. The largest absolute Gasteiger partial charge is 0.453 e. The molecule has 11 heteroatoms. The molecule has 2 aromatic rings. The fourth-order valence-corrected chi connectivity index (χ4v) is 7.26. The summed E-state index contributed by atoms with van der Waals surface area (Å²) in [7, 11) is -2.22. The lowest BCUT2D eigenvalue weighted by Gasteiger charge is -2.39. The minimum atomic E-state index is -3.45. The number of ether oxygens (including phenoxy) is 1. The first-order valence-corrected chi connectivity index (χ1v) is 15.6. The molecule has 0 spiro atoms. The van der Waals surface area contributed by atoms with Gasteiger partial charge in [0.25, 0.3) is 0 Å². The minimum Gasteiger partial charge on any atom is -0.453 e. The number of nitrogens with one attached hydrogen (secondary N) is 2. The third kappa shape index (κ3) is 8.02. The van der Waals surface area contributed by atoms with Crippen LogP contribution < -0.4 is 10.6 Å². The molecule has 2 N–H and O–H groups in total. The van der Waals surface area contributed by atoms with Gasteiger partial charge in [-0.25, -0.2) is 17.6 Å². The molecule has 3 rings (SSSR count). The predicted molar refractivity (Wildman–Crippen MR) is 155 cm³/mol. The molecule has 0 radical (unpaired) electrons. The molecule has 1 heterocycles. The van der Waals surface area contributed by atoms with Crippen molar-refractivity contribution >= 4 is 33.5 Å². The number of nitrogens with zero attached hydrogens (tertiary/aromatic N) is 1. The van der Waals surface area contributed by atoms with Gasteiger partial charge in [-0.05, 0) is 60.6 Å². The van der Waals surface area contributed by atoms with Gasteiger partial charge in [0.1, 0.15) is 5.82 Å². The summed E-state index contributed by atoms with van der Waals surface area (Å²) in [5, 5.41) is 6.51. The first-order chi connectivity index (χ1) is 18.8. The lowest BCUT2D eigenvalue weighted by Crippen LogP contribution is -2.58. The first kappa shape index (κ1) is 32.0. The van der Waals surface area contributed by atoms with Crippen molar-refractivity contribution in [3.8, 4) is 0 Å². The summed E-state index contributed by atoms with van der Waals surface area (Å²) < 4.78 is 46.4. The highest BCUT2D eigenvalue weighted by molar-refractivity contribution is 7.88. The number of methoxy groups -OCH3 is 1. The summed E-state index contributed by atoms with van der Waals surface area (Å²) in [5.74, 6) is -1.18. The summed E-state index contributed by atoms with van der Waals surface area (Å²) >= 11 is 6.08. The second-order valence-electron chi connectivity index (χ2n) is 10.7. The van der Waals surface area contributed by atoms with Crippen LogP contribution in [-0.4, -0.2) is 69.2 Å². The molecule has 0 aromatic heterocycles. The van der Waals surface area contributed by atoms with E-state index in [1.165, 1.54) is 23.7 Å². The molecular formula is C29H39ClFN3O5S. The zero-order valence-corrected chi connectivity index (χ0v) is 25.2. The van der Waals surface area contributed by atoms with Crippen LogP contribution in [0.4, 0.5) is 9.18 Å². The topological polar surface area (TPSA) is 105 Å². The van der Waals surface area contributed by atoms with Gasteiger partial charge < -0.3 is 15.4 Å². The maximum atomic E-state index is 15.2. The number of piperazine rings is 1. The van der Waals surface area contributed by atoms with Crippen LogP contribution >= 0.6 is 11.6 Å². The Morgan fingerprint density at radius 3 is 2.45 bits per heavy atom. The molecule has 220 valence electrons. The number of Topliss-reactive ketones (excluding diaryl/α,β-unsaturated/α-hetero) is 1. The van der Waals surface area contributed by atoms with Gasteiger partial charge in [0.05, 0.1) is 19.4 Å². The molecule has 0 aliphatic carbocycles. The van der Waals surface area contributed by atoms with Gasteiger partial charge in [-0.1, -0.05) is 49.7 Å². The van der Waals surface area contributed by atoms with E-state index in [0.29, 0.717) is 35.7 Å². The number of carbonyl (C=O) groups is 2. The Bertz CT molecular complexity index is 1290. The predicted octanol–water partition coefficient (Wildman–Crippen LogP) is 4.31. The maximum Gasteiger partial charge on any atom is 0.407 e. The van der Waals surface area contributed by atoms with Gasteiger partial charge in [-0.15, -0.1) is 0 Å². The van der Waals surface area contributed by atoms with E-state index in [-0.39, 0.29) is 42.5 Å². The summed E-state index contributed by atoms with van der Waals surface area (Å²) in [6.45, 7) is 6.76. The van der Waals surface area contributed by atoms with Crippen molar-refractivity contribution in [1.82, 2.24) is 14.9 Å². The molecular weight excluding hydrogens is 557 g/mol. The number of halogens is 2. The Morgan fingerprint density at radius 2 is 1.85 bits per heavy atom. The number of ketones is 1. The zero-order valence-electron chi connectivity index (χ0n) is 23.6. The van der Waals surface area contributed by atoms with Gasteiger partial charge >= 0.3 is 6.09 Å². The summed E-state index contributed by atoms with van der Waals surface area (Å²) in [5.41, 5.74) is 1.70. The normalized spacial score (nSPS) is 19.7. The lowest BCUT2D eigenvalue weighted by molar-refractivity contribution is -0.121. The molecule has 2 aromatic carbocycles. The summed E-state index contributed by atoms with van der Waals surface area (Å²) in [4.78, 5) is 26.1. The molecule has 4 atom stereocenters. The van der Waals surface area contributed by atoms with E-state index >= 15 is 4.39 Å². The number of hydrogen-bond donors (Lipinski definition) is 2. The number of carbonyl (C=O) groups excluding carboxylic acids is 2.